The molecule has 0 spiro atoms. The molecule has 0 aliphatic rings. The molecule has 2 heterocycles. The van der Waals surface area contributed by atoms with E-state index in [1.807, 2.05) is 6.07 Å². The van der Waals surface area contributed by atoms with Gasteiger partial charge in [0.2, 0.25) is 0 Å². The van der Waals surface area contributed by atoms with Crippen LogP contribution in [0, 0.1) is 6.20 Å². The van der Waals surface area contributed by atoms with Gasteiger partial charge in [0.1, 0.15) is 6.20 Å². The van der Waals surface area contributed by atoms with E-state index in [4.69, 9.17) is 0 Å². The first-order valence-electron chi connectivity index (χ1n) is 3.15. The zero-order chi connectivity index (χ0) is 7.52. The highest BCUT2D eigenvalue weighted by molar-refractivity contribution is 5.13. The quantitative estimate of drug-likeness (QED) is 0.585. The maximum absolute atomic E-state index is 3.98. The van der Waals surface area contributed by atoms with Crippen molar-refractivity contribution in [2.45, 2.75) is 0 Å². The number of rotatable bonds is 1. The Kier molecular flexibility index (Phi) is 1.37. The Bertz CT molecular complexity index is 313. The first-order valence-corrected chi connectivity index (χ1v) is 3.15. The van der Waals surface area contributed by atoms with Crippen molar-refractivity contribution >= 4 is 0 Å². The van der Waals surface area contributed by atoms with Crippen LogP contribution in [-0.4, -0.2) is 19.7 Å². The molecule has 0 bridgehead atoms. The zero-order valence-electron chi connectivity index (χ0n) is 5.68. The fourth-order valence-corrected chi connectivity index (χ4v) is 0.776. The van der Waals surface area contributed by atoms with Crippen molar-refractivity contribution in [1.29, 1.82) is 0 Å². The lowest BCUT2D eigenvalue weighted by molar-refractivity contribution is 0.836. The van der Waals surface area contributed by atoms with E-state index in [-0.39, 0.29) is 0 Å². The molecule has 0 atom stereocenters. The van der Waals surface area contributed by atoms with Gasteiger partial charge in [0.05, 0.1) is 12.4 Å². The second-order valence-corrected chi connectivity index (χ2v) is 1.96. The van der Waals surface area contributed by atoms with Gasteiger partial charge in [0, 0.05) is 12.4 Å². The van der Waals surface area contributed by atoms with Crippen LogP contribution in [0.1, 0.15) is 0 Å². The van der Waals surface area contributed by atoms with Gasteiger partial charge in [-0.3, -0.25) is 4.98 Å². The molecule has 0 unspecified atom stereocenters. The predicted octanol–water partition coefficient (Wildman–Crippen LogP) is 0.462. The third-order valence-electron chi connectivity index (χ3n) is 1.24. The number of hydrogen-bond donors (Lipinski definition) is 0. The van der Waals surface area contributed by atoms with Crippen molar-refractivity contribution in [3.05, 3.63) is 37.1 Å². The molecule has 4 heteroatoms. The average molecular weight is 145 g/mol. The Morgan fingerprint density at radius 2 is 2.45 bits per heavy atom. The average Bonchev–Trinajstić information content (AvgIpc) is 2.58. The maximum Gasteiger partial charge on any atom is 0.172 e. The van der Waals surface area contributed by atoms with Crippen molar-refractivity contribution in [3.63, 3.8) is 0 Å². The first kappa shape index (κ1) is 6.03. The highest BCUT2D eigenvalue weighted by Gasteiger charge is 1.93. The summed E-state index contributed by atoms with van der Waals surface area (Å²) in [5.74, 6) is 0.678. The van der Waals surface area contributed by atoms with Crippen LogP contribution in [0.2, 0.25) is 0 Å². The second kappa shape index (κ2) is 2.49. The Balaban J connectivity index is 2.46. The summed E-state index contributed by atoms with van der Waals surface area (Å²) in [6.07, 6.45) is 9.26. The molecule has 0 aliphatic carbocycles. The van der Waals surface area contributed by atoms with E-state index in [0.717, 1.165) is 0 Å². The predicted molar refractivity (Wildman–Crippen MR) is 38.0 cm³/mol. The van der Waals surface area contributed by atoms with Gasteiger partial charge in [-0.1, -0.05) is 0 Å². The summed E-state index contributed by atoms with van der Waals surface area (Å²) in [6.45, 7) is 0. The van der Waals surface area contributed by atoms with Crippen molar-refractivity contribution < 1.29 is 0 Å². The first-order chi connectivity index (χ1) is 5.47. The molecule has 0 saturated heterocycles. The van der Waals surface area contributed by atoms with Crippen LogP contribution >= 0.6 is 0 Å². The topological polar surface area (TPSA) is 43.6 Å². The van der Waals surface area contributed by atoms with Gasteiger partial charge >= 0.3 is 0 Å². The fourth-order valence-electron chi connectivity index (χ4n) is 0.776. The van der Waals surface area contributed by atoms with E-state index in [0.29, 0.717) is 5.82 Å². The molecule has 2 aromatic heterocycles. The molecule has 2 rings (SSSR count). The molecule has 0 fully saturated rings. The Labute approximate surface area is 63.5 Å². The minimum Gasteiger partial charge on any atom is -0.258 e. The van der Waals surface area contributed by atoms with E-state index in [9.17, 15) is 0 Å². The lowest BCUT2D eigenvalue weighted by Gasteiger charge is -1.95. The molecular formula is C7H5N4. The molecule has 53 valence electrons. The van der Waals surface area contributed by atoms with Gasteiger partial charge in [-0.15, -0.1) is 0 Å². The molecule has 1 radical (unpaired) electrons. The smallest absolute Gasteiger partial charge is 0.172 e. The Hall–Kier alpha value is -1.71. The summed E-state index contributed by atoms with van der Waals surface area (Å²) in [4.78, 5) is 7.80. The molecule has 4 nitrogen and oxygen atoms in total. The molecule has 2 aromatic rings. The molecular weight excluding hydrogens is 140 g/mol. The Morgan fingerprint density at radius 3 is 3.09 bits per heavy atom. The molecule has 0 aliphatic heterocycles. The third-order valence-corrected chi connectivity index (χ3v) is 1.24. The van der Waals surface area contributed by atoms with Gasteiger partial charge in [-0.05, 0) is 6.07 Å². The van der Waals surface area contributed by atoms with Crippen LogP contribution in [0.5, 0.6) is 0 Å². The molecule has 0 saturated carbocycles. The zero-order valence-corrected chi connectivity index (χ0v) is 5.68. The van der Waals surface area contributed by atoms with Crippen molar-refractivity contribution in [2.24, 2.45) is 0 Å². The molecule has 0 amide bonds. The van der Waals surface area contributed by atoms with Crippen LogP contribution in [0.25, 0.3) is 5.82 Å². The minimum atomic E-state index is 0.678. The lowest BCUT2D eigenvalue weighted by atomic mass is 10.6. The van der Waals surface area contributed by atoms with Crippen LogP contribution < -0.4 is 0 Å². The summed E-state index contributed by atoms with van der Waals surface area (Å²) < 4.78 is 1.63. The van der Waals surface area contributed by atoms with Gasteiger partial charge in [-0.2, -0.15) is 5.10 Å². The number of hydrogen-bond acceptors (Lipinski definition) is 3. The van der Waals surface area contributed by atoms with Gasteiger partial charge in [-0.25, -0.2) is 9.67 Å². The molecule has 0 N–H and O–H groups in total. The van der Waals surface area contributed by atoms with E-state index < -0.39 is 0 Å². The van der Waals surface area contributed by atoms with Gasteiger partial charge < -0.3 is 0 Å². The highest BCUT2D eigenvalue weighted by Crippen LogP contribution is 1.96. The summed E-state index contributed by atoms with van der Waals surface area (Å²) >= 11 is 0. The monoisotopic (exact) mass is 145 g/mol. The second-order valence-electron chi connectivity index (χ2n) is 1.96. The van der Waals surface area contributed by atoms with Crippen LogP contribution in [0.3, 0.4) is 0 Å². The van der Waals surface area contributed by atoms with Crippen molar-refractivity contribution in [3.8, 4) is 5.82 Å². The third kappa shape index (κ3) is 1.10. The van der Waals surface area contributed by atoms with E-state index in [1.165, 1.54) is 6.20 Å². The maximum atomic E-state index is 3.98. The number of nitrogens with zero attached hydrogens (tertiary/aromatic N) is 4. The minimum absolute atomic E-state index is 0.678. The SMILES string of the molecule is [c]1cncc(-n2cccn2)n1. The molecule has 11 heavy (non-hydrogen) atoms. The van der Waals surface area contributed by atoms with Crippen LogP contribution in [0.15, 0.2) is 30.9 Å². The summed E-state index contributed by atoms with van der Waals surface area (Å²) in [6, 6.07) is 1.83. The van der Waals surface area contributed by atoms with E-state index in [2.05, 4.69) is 21.3 Å². The van der Waals surface area contributed by atoms with Crippen molar-refractivity contribution in [2.75, 3.05) is 0 Å². The Morgan fingerprint density at radius 1 is 1.45 bits per heavy atom. The number of aromatic nitrogens is 4. The van der Waals surface area contributed by atoms with Crippen molar-refractivity contribution in [1.82, 2.24) is 19.7 Å². The highest BCUT2D eigenvalue weighted by atomic mass is 15.3. The van der Waals surface area contributed by atoms with E-state index >= 15 is 0 Å². The van der Waals surface area contributed by atoms with Gasteiger partial charge in [0.15, 0.2) is 5.82 Å². The van der Waals surface area contributed by atoms with E-state index in [1.54, 1.807) is 23.3 Å². The fraction of sp³-hybridized carbons (Fsp3) is 0. The molecule has 0 aromatic carbocycles. The van der Waals surface area contributed by atoms with Crippen LogP contribution in [-0.2, 0) is 0 Å². The standard InChI is InChI=1S/C7H5N4/c1-2-10-11(5-1)7-6-8-3-4-9-7/h1-3,5-6H. The summed E-state index contributed by atoms with van der Waals surface area (Å²) in [7, 11) is 0. The lowest BCUT2D eigenvalue weighted by Crippen LogP contribution is -1.97. The normalized spacial score (nSPS) is 9.82. The summed E-state index contributed by atoms with van der Waals surface area (Å²) in [5, 5.41) is 3.98. The van der Waals surface area contributed by atoms with Crippen LogP contribution in [0.4, 0.5) is 0 Å². The summed E-state index contributed by atoms with van der Waals surface area (Å²) in [5.41, 5.74) is 0. The largest absolute Gasteiger partial charge is 0.258 e. The van der Waals surface area contributed by atoms with Gasteiger partial charge in [0.25, 0.3) is 0 Å².